The van der Waals surface area contributed by atoms with Crippen LogP contribution in [0.2, 0.25) is 0 Å². The molecule has 4 heterocycles. The van der Waals surface area contributed by atoms with Crippen molar-refractivity contribution in [3.63, 3.8) is 0 Å². The molecule has 12 heteroatoms. The van der Waals surface area contributed by atoms with Crippen molar-refractivity contribution in [2.45, 2.75) is 45.1 Å². The minimum atomic E-state index is -4.61. The molecule has 2 aliphatic heterocycles. The van der Waals surface area contributed by atoms with Crippen molar-refractivity contribution < 1.29 is 27.2 Å². The number of aromatic nitrogens is 3. The zero-order valence-electron chi connectivity index (χ0n) is 17.1. The summed E-state index contributed by atoms with van der Waals surface area (Å²) in [5.74, 6) is -0.195. The number of ketones is 1. The third kappa shape index (κ3) is 4.16. The lowest BCUT2D eigenvalue weighted by atomic mass is 10.1. The molecular formula is C19H22F3N5O4. The number of anilines is 2. The van der Waals surface area contributed by atoms with Crippen LogP contribution < -0.4 is 15.4 Å². The number of alkyl halides is 3. The number of nitrogens with zero attached hydrogens (tertiary/aromatic N) is 5. The Labute approximate surface area is 175 Å². The minimum absolute atomic E-state index is 0.0733. The highest BCUT2D eigenvalue weighted by Gasteiger charge is 2.47. The highest BCUT2D eigenvalue weighted by molar-refractivity contribution is 5.97. The van der Waals surface area contributed by atoms with Crippen LogP contribution in [0.4, 0.5) is 24.9 Å². The second-order valence-corrected chi connectivity index (χ2v) is 7.74. The molecule has 9 nitrogen and oxygen atoms in total. The summed E-state index contributed by atoms with van der Waals surface area (Å²) in [7, 11) is 0. The summed E-state index contributed by atoms with van der Waals surface area (Å²) in [5.41, 5.74) is -0.537. The van der Waals surface area contributed by atoms with Crippen LogP contribution in [-0.2, 0) is 11.3 Å². The van der Waals surface area contributed by atoms with Crippen LogP contribution in [0.25, 0.3) is 0 Å². The lowest BCUT2D eigenvalue weighted by Crippen LogP contribution is -2.54. The summed E-state index contributed by atoms with van der Waals surface area (Å²) in [6.07, 6.45) is -4.97. The first-order valence-corrected chi connectivity index (χ1v) is 9.91. The molecule has 0 aliphatic carbocycles. The molecule has 0 amide bonds. The highest BCUT2D eigenvalue weighted by Crippen LogP contribution is 2.34. The predicted molar refractivity (Wildman–Crippen MR) is 104 cm³/mol. The second kappa shape index (κ2) is 7.98. The Balaban J connectivity index is 1.75. The summed E-state index contributed by atoms with van der Waals surface area (Å²) in [6.45, 7) is 3.97. The fraction of sp³-hybridized carbons (Fsp3) is 0.579. The van der Waals surface area contributed by atoms with Crippen LogP contribution in [0, 0.1) is 6.92 Å². The van der Waals surface area contributed by atoms with Gasteiger partial charge in [0.25, 0.3) is 5.56 Å². The molecule has 0 N–H and O–H groups in total. The second-order valence-electron chi connectivity index (χ2n) is 7.74. The van der Waals surface area contributed by atoms with Gasteiger partial charge in [-0.15, -0.1) is 0 Å². The topological polar surface area (TPSA) is 93.7 Å². The molecule has 1 saturated heterocycles. The zero-order chi connectivity index (χ0) is 22.3. The van der Waals surface area contributed by atoms with E-state index in [1.54, 1.807) is 6.92 Å². The lowest BCUT2D eigenvalue weighted by Gasteiger charge is -2.40. The number of morpholine rings is 1. The van der Waals surface area contributed by atoms with Crippen molar-refractivity contribution >= 4 is 17.5 Å². The van der Waals surface area contributed by atoms with E-state index in [1.807, 2.05) is 11.8 Å². The predicted octanol–water partition coefficient (Wildman–Crippen LogP) is 1.79. The summed E-state index contributed by atoms with van der Waals surface area (Å²) >= 11 is 0. The third-order valence-electron chi connectivity index (χ3n) is 5.50. The summed E-state index contributed by atoms with van der Waals surface area (Å²) in [6, 6.07) is 0.633. The van der Waals surface area contributed by atoms with E-state index >= 15 is 0 Å². The van der Waals surface area contributed by atoms with Crippen LogP contribution >= 0.6 is 0 Å². The van der Waals surface area contributed by atoms with Gasteiger partial charge in [-0.05, 0) is 20.3 Å². The van der Waals surface area contributed by atoms with E-state index in [2.05, 4.69) is 10.1 Å². The molecule has 168 valence electrons. The van der Waals surface area contributed by atoms with Gasteiger partial charge in [-0.3, -0.25) is 14.2 Å². The van der Waals surface area contributed by atoms with Crippen LogP contribution in [0.3, 0.4) is 0 Å². The van der Waals surface area contributed by atoms with Crippen molar-refractivity contribution in [3.8, 4) is 0 Å². The number of hydrogen-bond acceptors (Lipinski definition) is 8. The molecule has 2 aromatic heterocycles. The first kappa shape index (κ1) is 21.3. The van der Waals surface area contributed by atoms with Gasteiger partial charge < -0.3 is 19.1 Å². The standard InChI is InChI=1S/C19H22F3N5O4/c1-11-10-30-6-5-25(11)16-8-17(29)26-4-3-15(19(20,21)22)27(18(26)23-16)9-14(28)13-7-12(2)31-24-13/h7-8,11,15H,3-6,9-10H2,1-2H3/t11-,15+/m1/s1. The summed E-state index contributed by atoms with van der Waals surface area (Å²) in [5, 5.41) is 3.60. The van der Waals surface area contributed by atoms with E-state index < -0.39 is 30.1 Å². The van der Waals surface area contributed by atoms with Gasteiger partial charge in [0.2, 0.25) is 11.7 Å². The van der Waals surface area contributed by atoms with Crippen molar-refractivity contribution in [1.29, 1.82) is 0 Å². The van der Waals surface area contributed by atoms with Gasteiger partial charge in [-0.25, -0.2) is 0 Å². The van der Waals surface area contributed by atoms with Crippen molar-refractivity contribution in [2.24, 2.45) is 0 Å². The van der Waals surface area contributed by atoms with Crippen LogP contribution in [-0.4, -0.2) is 65.1 Å². The Morgan fingerprint density at radius 1 is 1.29 bits per heavy atom. The van der Waals surface area contributed by atoms with Crippen molar-refractivity contribution in [3.05, 3.63) is 33.9 Å². The van der Waals surface area contributed by atoms with Gasteiger partial charge in [-0.2, -0.15) is 18.2 Å². The molecule has 0 unspecified atom stereocenters. The van der Waals surface area contributed by atoms with Crippen molar-refractivity contribution in [1.82, 2.24) is 14.7 Å². The number of carbonyl (C=O) groups excluding carboxylic acids is 1. The Morgan fingerprint density at radius 2 is 2.06 bits per heavy atom. The third-order valence-corrected chi connectivity index (χ3v) is 5.50. The molecule has 4 rings (SSSR count). The van der Waals surface area contributed by atoms with Gasteiger partial charge in [0.1, 0.15) is 17.6 Å². The van der Waals surface area contributed by atoms with Crippen LogP contribution in [0.5, 0.6) is 0 Å². The number of hydrogen-bond donors (Lipinski definition) is 0. The number of ether oxygens (including phenoxy) is 1. The Morgan fingerprint density at radius 3 is 2.71 bits per heavy atom. The van der Waals surface area contributed by atoms with Gasteiger partial charge >= 0.3 is 6.18 Å². The zero-order valence-corrected chi connectivity index (χ0v) is 17.1. The van der Waals surface area contributed by atoms with Crippen LogP contribution in [0.15, 0.2) is 21.5 Å². The maximum Gasteiger partial charge on any atom is 0.408 e. The molecule has 0 radical (unpaired) electrons. The average Bonchev–Trinajstić information content (AvgIpc) is 3.14. The molecule has 31 heavy (non-hydrogen) atoms. The first-order chi connectivity index (χ1) is 14.6. The van der Waals surface area contributed by atoms with E-state index in [-0.39, 0.29) is 36.5 Å². The van der Waals surface area contributed by atoms with Gasteiger partial charge in [-0.1, -0.05) is 5.16 Å². The SMILES string of the molecule is Cc1cc(C(=O)CN2c3nc(N4CCOC[C@H]4C)cc(=O)n3CC[C@H]2C(F)(F)F)no1. The largest absolute Gasteiger partial charge is 0.408 e. The van der Waals surface area contributed by atoms with E-state index in [0.717, 1.165) is 4.90 Å². The number of aryl methyl sites for hydroxylation is 1. The molecule has 1 fully saturated rings. The Kier molecular flexibility index (Phi) is 5.50. The average molecular weight is 441 g/mol. The normalized spacial score (nSPS) is 21.8. The van der Waals surface area contributed by atoms with Crippen molar-refractivity contribution in [2.75, 3.05) is 36.1 Å². The molecule has 2 atom stereocenters. The first-order valence-electron chi connectivity index (χ1n) is 9.91. The number of carbonyl (C=O) groups is 1. The lowest BCUT2D eigenvalue weighted by molar-refractivity contribution is -0.152. The molecule has 0 aromatic carbocycles. The number of rotatable bonds is 4. The Hall–Kier alpha value is -2.89. The van der Waals surface area contributed by atoms with E-state index in [0.29, 0.717) is 25.5 Å². The summed E-state index contributed by atoms with van der Waals surface area (Å²) < 4.78 is 52.9. The molecule has 0 bridgehead atoms. The quantitative estimate of drug-likeness (QED) is 0.663. The smallest absolute Gasteiger partial charge is 0.377 e. The van der Waals surface area contributed by atoms with Crippen LogP contribution in [0.1, 0.15) is 29.6 Å². The maximum atomic E-state index is 13.8. The summed E-state index contributed by atoms with van der Waals surface area (Å²) in [4.78, 5) is 32.5. The molecule has 0 spiro atoms. The molecular weight excluding hydrogens is 419 g/mol. The Bertz CT molecular complexity index is 1030. The van der Waals surface area contributed by atoms with Gasteiger partial charge in [0.05, 0.1) is 25.8 Å². The minimum Gasteiger partial charge on any atom is -0.377 e. The number of halogens is 3. The fourth-order valence-corrected chi connectivity index (χ4v) is 3.93. The molecule has 2 aromatic rings. The maximum absolute atomic E-state index is 13.8. The van der Waals surface area contributed by atoms with E-state index in [4.69, 9.17) is 9.26 Å². The highest BCUT2D eigenvalue weighted by atomic mass is 19.4. The van der Waals surface area contributed by atoms with Gasteiger partial charge in [0.15, 0.2) is 5.69 Å². The number of Topliss-reactive ketones (excluding diaryl/α,β-unsaturated/α-hetero) is 1. The fourth-order valence-electron chi connectivity index (χ4n) is 3.93. The number of fused-ring (bicyclic) bond motifs is 1. The van der Waals surface area contributed by atoms with Gasteiger partial charge in [0, 0.05) is 25.2 Å². The molecule has 0 saturated carbocycles. The van der Waals surface area contributed by atoms with E-state index in [9.17, 15) is 22.8 Å². The monoisotopic (exact) mass is 441 g/mol. The molecule has 2 aliphatic rings. The van der Waals surface area contributed by atoms with E-state index in [1.165, 1.54) is 16.7 Å².